The summed E-state index contributed by atoms with van der Waals surface area (Å²) in [6.07, 6.45) is 4.76. The lowest BCUT2D eigenvalue weighted by atomic mass is 10.1. The summed E-state index contributed by atoms with van der Waals surface area (Å²) in [5, 5.41) is 8.37. The van der Waals surface area contributed by atoms with Crippen LogP contribution in [0.4, 0.5) is 5.69 Å². The Hall–Kier alpha value is -2.69. The van der Waals surface area contributed by atoms with Crippen LogP contribution in [0.2, 0.25) is 0 Å². The Morgan fingerprint density at radius 2 is 2.09 bits per heavy atom. The number of anilines is 1. The maximum atomic E-state index is 12.6. The first-order valence-electron chi connectivity index (χ1n) is 7.44. The summed E-state index contributed by atoms with van der Waals surface area (Å²) in [5.74, 6) is -0.156. The van der Waals surface area contributed by atoms with Gasteiger partial charge in [0.25, 0.3) is 5.91 Å². The molecule has 1 aliphatic rings. The Morgan fingerprint density at radius 3 is 3.00 bits per heavy atom. The lowest BCUT2D eigenvalue weighted by molar-refractivity contribution is 0.102. The molecule has 110 valence electrons. The van der Waals surface area contributed by atoms with E-state index in [1.807, 2.05) is 42.1 Å². The van der Waals surface area contributed by atoms with E-state index in [1.54, 1.807) is 6.20 Å². The number of carbonyl (C=O) groups excluding carboxylic acids is 1. The Labute approximate surface area is 128 Å². The summed E-state index contributed by atoms with van der Waals surface area (Å²) in [6, 6.07) is 9.64. The summed E-state index contributed by atoms with van der Waals surface area (Å²) >= 11 is 0. The fourth-order valence-electron chi connectivity index (χ4n) is 3.18. The number of aryl methyl sites for hydroxylation is 1. The van der Waals surface area contributed by atoms with E-state index < -0.39 is 0 Å². The van der Waals surface area contributed by atoms with Gasteiger partial charge in [-0.25, -0.2) is 0 Å². The van der Waals surface area contributed by atoms with Crippen LogP contribution in [0.25, 0.3) is 10.9 Å². The Bertz CT molecular complexity index is 876. The monoisotopic (exact) mass is 292 g/mol. The maximum absolute atomic E-state index is 12.6. The third-order valence-electron chi connectivity index (χ3n) is 4.21. The third kappa shape index (κ3) is 1.97. The molecule has 0 fully saturated rings. The molecule has 0 aliphatic heterocycles. The number of carbonyl (C=O) groups is 1. The van der Waals surface area contributed by atoms with Crippen molar-refractivity contribution in [3.8, 4) is 0 Å². The topological polar surface area (TPSA) is 59.8 Å². The molecule has 1 aromatic carbocycles. The minimum absolute atomic E-state index is 0.156. The fourth-order valence-corrected chi connectivity index (χ4v) is 3.18. The van der Waals surface area contributed by atoms with Crippen LogP contribution < -0.4 is 5.32 Å². The van der Waals surface area contributed by atoms with Crippen LogP contribution in [0.1, 0.15) is 28.2 Å². The number of aromatic nitrogens is 3. The number of benzene rings is 1. The van der Waals surface area contributed by atoms with E-state index in [0.717, 1.165) is 41.4 Å². The molecule has 1 N–H and O–H groups in total. The van der Waals surface area contributed by atoms with Gasteiger partial charge in [-0.3, -0.25) is 14.5 Å². The molecule has 5 nitrogen and oxygen atoms in total. The minimum Gasteiger partial charge on any atom is -0.319 e. The predicted molar refractivity (Wildman–Crippen MR) is 84.9 cm³/mol. The van der Waals surface area contributed by atoms with Gasteiger partial charge in [0.05, 0.1) is 11.2 Å². The molecule has 0 radical (unpaired) electrons. The zero-order valence-electron chi connectivity index (χ0n) is 12.3. The second kappa shape index (κ2) is 4.94. The lowest BCUT2D eigenvalue weighted by Crippen LogP contribution is -2.15. The number of hydrogen-bond acceptors (Lipinski definition) is 3. The molecule has 0 bridgehead atoms. The zero-order valence-corrected chi connectivity index (χ0v) is 12.3. The molecule has 5 heteroatoms. The van der Waals surface area contributed by atoms with Crippen LogP contribution in [0.5, 0.6) is 0 Å². The van der Waals surface area contributed by atoms with Gasteiger partial charge in [0, 0.05) is 29.9 Å². The molecule has 0 atom stereocenters. The van der Waals surface area contributed by atoms with E-state index in [9.17, 15) is 4.79 Å². The number of fused-ring (bicyclic) bond motifs is 2. The summed E-state index contributed by atoms with van der Waals surface area (Å²) in [6.45, 7) is 0. The molecule has 0 spiro atoms. The Morgan fingerprint density at radius 1 is 1.23 bits per heavy atom. The van der Waals surface area contributed by atoms with Crippen molar-refractivity contribution in [3.63, 3.8) is 0 Å². The van der Waals surface area contributed by atoms with Gasteiger partial charge in [0.2, 0.25) is 0 Å². The number of pyridine rings is 1. The standard InChI is InChI=1S/C17H16N4O/c1-21-14-9-3-7-12(14)16(20-21)17(22)19-13-8-2-5-11-6-4-10-18-15(11)13/h2,4-6,8,10H,3,7,9H2,1H3,(H,19,22). The van der Waals surface area contributed by atoms with Gasteiger partial charge in [-0.1, -0.05) is 18.2 Å². The molecule has 1 amide bonds. The zero-order chi connectivity index (χ0) is 15.1. The number of rotatable bonds is 2. The molecule has 4 rings (SSSR count). The molecule has 3 aromatic rings. The van der Waals surface area contributed by atoms with E-state index in [1.165, 1.54) is 5.69 Å². The molecule has 1 aliphatic carbocycles. The highest BCUT2D eigenvalue weighted by Crippen LogP contribution is 2.26. The third-order valence-corrected chi connectivity index (χ3v) is 4.21. The van der Waals surface area contributed by atoms with Gasteiger partial charge in [-0.05, 0) is 31.4 Å². The van der Waals surface area contributed by atoms with Crippen LogP contribution in [-0.4, -0.2) is 20.7 Å². The molecule has 0 saturated heterocycles. The van der Waals surface area contributed by atoms with E-state index >= 15 is 0 Å². The summed E-state index contributed by atoms with van der Waals surface area (Å²) in [7, 11) is 1.90. The molecular formula is C17H16N4O. The van der Waals surface area contributed by atoms with Crippen LogP contribution >= 0.6 is 0 Å². The first-order valence-corrected chi connectivity index (χ1v) is 7.44. The highest BCUT2D eigenvalue weighted by atomic mass is 16.2. The van der Waals surface area contributed by atoms with Gasteiger partial charge in [0.1, 0.15) is 0 Å². The van der Waals surface area contributed by atoms with Crippen LogP contribution in [0, 0.1) is 0 Å². The van der Waals surface area contributed by atoms with E-state index in [4.69, 9.17) is 0 Å². The quantitative estimate of drug-likeness (QED) is 0.790. The van der Waals surface area contributed by atoms with E-state index in [0.29, 0.717) is 5.69 Å². The largest absolute Gasteiger partial charge is 0.319 e. The summed E-state index contributed by atoms with van der Waals surface area (Å²) in [4.78, 5) is 17.0. The summed E-state index contributed by atoms with van der Waals surface area (Å²) in [5.41, 5.74) is 4.34. The molecule has 0 saturated carbocycles. The molecule has 2 aromatic heterocycles. The molecule has 0 unspecified atom stereocenters. The van der Waals surface area contributed by atoms with E-state index in [2.05, 4.69) is 15.4 Å². The summed E-state index contributed by atoms with van der Waals surface area (Å²) < 4.78 is 1.83. The minimum atomic E-state index is -0.156. The van der Waals surface area contributed by atoms with Gasteiger partial charge in [0.15, 0.2) is 5.69 Å². The Kier molecular flexibility index (Phi) is 2.92. The first-order chi connectivity index (χ1) is 10.7. The van der Waals surface area contributed by atoms with Gasteiger partial charge >= 0.3 is 0 Å². The average Bonchev–Trinajstić information content (AvgIpc) is 3.12. The van der Waals surface area contributed by atoms with Gasteiger partial charge in [-0.15, -0.1) is 0 Å². The van der Waals surface area contributed by atoms with Crippen molar-refractivity contribution in [2.24, 2.45) is 7.05 Å². The Balaban J connectivity index is 1.71. The van der Waals surface area contributed by atoms with Crippen molar-refractivity contribution in [3.05, 3.63) is 53.5 Å². The van der Waals surface area contributed by atoms with E-state index in [-0.39, 0.29) is 5.91 Å². The smallest absolute Gasteiger partial charge is 0.276 e. The number of amides is 1. The molecule has 2 heterocycles. The van der Waals surface area contributed by atoms with Crippen molar-refractivity contribution in [2.75, 3.05) is 5.32 Å². The SMILES string of the molecule is Cn1nc(C(=O)Nc2cccc3cccnc23)c2c1CCC2. The number of hydrogen-bond donors (Lipinski definition) is 1. The van der Waals surface area contributed by atoms with Crippen molar-refractivity contribution in [1.82, 2.24) is 14.8 Å². The lowest BCUT2D eigenvalue weighted by Gasteiger charge is -2.07. The van der Waals surface area contributed by atoms with Crippen molar-refractivity contribution < 1.29 is 4.79 Å². The predicted octanol–water partition coefficient (Wildman–Crippen LogP) is 2.71. The highest BCUT2D eigenvalue weighted by Gasteiger charge is 2.25. The second-order valence-corrected chi connectivity index (χ2v) is 5.59. The molecule has 22 heavy (non-hydrogen) atoms. The van der Waals surface area contributed by atoms with Gasteiger partial charge in [-0.2, -0.15) is 5.10 Å². The van der Waals surface area contributed by atoms with Crippen molar-refractivity contribution in [2.45, 2.75) is 19.3 Å². The first kappa shape index (κ1) is 13.0. The second-order valence-electron chi connectivity index (χ2n) is 5.59. The average molecular weight is 292 g/mol. The van der Waals surface area contributed by atoms with Crippen LogP contribution in [0.3, 0.4) is 0 Å². The van der Waals surface area contributed by atoms with Crippen LogP contribution in [0.15, 0.2) is 36.5 Å². The highest BCUT2D eigenvalue weighted by molar-refractivity contribution is 6.08. The maximum Gasteiger partial charge on any atom is 0.276 e. The van der Waals surface area contributed by atoms with Crippen molar-refractivity contribution >= 4 is 22.5 Å². The van der Waals surface area contributed by atoms with Crippen molar-refractivity contribution in [1.29, 1.82) is 0 Å². The normalized spacial score (nSPS) is 13.3. The fraction of sp³-hybridized carbons (Fsp3) is 0.235. The number of para-hydroxylation sites is 1. The van der Waals surface area contributed by atoms with Crippen LogP contribution in [-0.2, 0) is 19.9 Å². The number of nitrogens with one attached hydrogen (secondary N) is 1. The number of nitrogens with zero attached hydrogens (tertiary/aromatic N) is 3. The molecular weight excluding hydrogens is 276 g/mol. The van der Waals surface area contributed by atoms with Gasteiger partial charge < -0.3 is 5.32 Å².